The fourth-order valence-electron chi connectivity index (χ4n) is 1.74. The second kappa shape index (κ2) is 4.35. The molecule has 0 bridgehead atoms. The minimum absolute atomic E-state index is 0.171. The second-order valence-electron chi connectivity index (χ2n) is 3.63. The van der Waals surface area contributed by atoms with Crippen LogP contribution < -0.4 is 5.32 Å². The van der Waals surface area contributed by atoms with Crippen molar-refractivity contribution in [2.75, 3.05) is 13.1 Å². The van der Waals surface area contributed by atoms with Gasteiger partial charge in [-0.05, 0) is 32.0 Å². The van der Waals surface area contributed by atoms with Gasteiger partial charge in [-0.3, -0.25) is 4.79 Å². The molecule has 0 atom stereocenters. The molecule has 5 heteroatoms. The highest BCUT2D eigenvalue weighted by Crippen LogP contribution is 2.17. The van der Waals surface area contributed by atoms with E-state index in [1.807, 2.05) is 0 Å². The van der Waals surface area contributed by atoms with E-state index in [1.165, 1.54) is 6.08 Å². The van der Waals surface area contributed by atoms with Gasteiger partial charge in [-0.25, -0.2) is 4.68 Å². The van der Waals surface area contributed by atoms with E-state index in [0.717, 1.165) is 25.9 Å². The smallest absolute Gasteiger partial charge is 0.207 e. The van der Waals surface area contributed by atoms with Gasteiger partial charge in [0.25, 0.3) is 0 Å². The third-order valence-corrected chi connectivity index (χ3v) is 2.63. The quantitative estimate of drug-likeness (QED) is 0.580. The van der Waals surface area contributed by atoms with Crippen LogP contribution in [0.1, 0.15) is 29.4 Å². The fraction of sp³-hybridized carbons (Fsp3) is 0.500. The molecule has 1 N–H and O–H groups in total. The van der Waals surface area contributed by atoms with Crippen molar-refractivity contribution in [1.29, 1.82) is 0 Å². The Morgan fingerprint density at radius 2 is 2.33 bits per heavy atom. The number of allylic oxidation sites excluding steroid dienone is 1. The summed E-state index contributed by atoms with van der Waals surface area (Å²) >= 11 is 0. The van der Waals surface area contributed by atoms with E-state index in [1.54, 1.807) is 10.9 Å². The standard InChI is InChI=1S/C10H14N4O/c1-2-10(15)9-7-14(13-12-9)8-3-5-11-6-4-8/h2,7-8,11H,1,3-6H2. The largest absolute Gasteiger partial charge is 0.317 e. The van der Waals surface area contributed by atoms with Gasteiger partial charge in [-0.2, -0.15) is 0 Å². The molecule has 1 saturated heterocycles. The van der Waals surface area contributed by atoms with E-state index in [0.29, 0.717) is 11.7 Å². The lowest BCUT2D eigenvalue weighted by Crippen LogP contribution is -2.29. The summed E-state index contributed by atoms with van der Waals surface area (Å²) in [6.45, 7) is 5.41. The van der Waals surface area contributed by atoms with Gasteiger partial charge in [-0.15, -0.1) is 5.10 Å². The Kier molecular flexibility index (Phi) is 2.91. The van der Waals surface area contributed by atoms with Crippen LogP contribution in [-0.4, -0.2) is 33.9 Å². The van der Waals surface area contributed by atoms with Gasteiger partial charge >= 0.3 is 0 Å². The maximum atomic E-state index is 11.3. The van der Waals surface area contributed by atoms with Gasteiger partial charge in [0.05, 0.1) is 12.2 Å². The number of aromatic nitrogens is 3. The van der Waals surface area contributed by atoms with Crippen LogP contribution in [0.25, 0.3) is 0 Å². The highest BCUT2D eigenvalue weighted by atomic mass is 16.1. The van der Waals surface area contributed by atoms with Crippen molar-refractivity contribution in [3.05, 3.63) is 24.5 Å². The highest BCUT2D eigenvalue weighted by molar-refractivity contribution is 6.02. The number of hydrogen-bond donors (Lipinski definition) is 1. The van der Waals surface area contributed by atoms with Crippen LogP contribution in [0.3, 0.4) is 0 Å². The molecule has 80 valence electrons. The molecule has 0 saturated carbocycles. The van der Waals surface area contributed by atoms with Crippen molar-refractivity contribution in [2.24, 2.45) is 0 Å². The summed E-state index contributed by atoms with van der Waals surface area (Å²) in [5.74, 6) is -0.171. The first-order valence-electron chi connectivity index (χ1n) is 5.10. The first-order chi connectivity index (χ1) is 7.31. The van der Waals surface area contributed by atoms with Crippen molar-refractivity contribution in [1.82, 2.24) is 20.3 Å². The molecule has 1 aliphatic rings. The van der Waals surface area contributed by atoms with Crippen molar-refractivity contribution in [3.8, 4) is 0 Å². The zero-order valence-electron chi connectivity index (χ0n) is 8.52. The molecule has 0 aliphatic carbocycles. The van der Waals surface area contributed by atoms with Crippen LogP contribution in [0, 0.1) is 0 Å². The van der Waals surface area contributed by atoms with E-state index in [9.17, 15) is 4.79 Å². The van der Waals surface area contributed by atoms with E-state index in [4.69, 9.17) is 0 Å². The van der Waals surface area contributed by atoms with Crippen molar-refractivity contribution < 1.29 is 4.79 Å². The number of nitrogens with zero attached hydrogens (tertiary/aromatic N) is 3. The summed E-state index contributed by atoms with van der Waals surface area (Å²) in [6.07, 6.45) is 5.03. The van der Waals surface area contributed by atoms with Gasteiger partial charge < -0.3 is 5.32 Å². The monoisotopic (exact) mass is 206 g/mol. The lowest BCUT2D eigenvalue weighted by atomic mass is 10.1. The summed E-state index contributed by atoms with van der Waals surface area (Å²) < 4.78 is 1.79. The maximum Gasteiger partial charge on any atom is 0.207 e. The second-order valence-corrected chi connectivity index (χ2v) is 3.63. The van der Waals surface area contributed by atoms with Gasteiger partial charge in [0.2, 0.25) is 5.78 Å². The summed E-state index contributed by atoms with van der Waals surface area (Å²) in [7, 11) is 0. The van der Waals surface area contributed by atoms with Crippen LogP contribution in [0.15, 0.2) is 18.9 Å². The van der Waals surface area contributed by atoms with Crippen LogP contribution in [0.2, 0.25) is 0 Å². The Labute approximate surface area is 88.2 Å². The fourth-order valence-corrected chi connectivity index (χ4v) is 1.74. The summed E-state index contributed by atoms with van der Waals surface area (Å²) in [5.41, 5.74) is 0.378. The number of nitrogens with one attached hydrogen (secondary N) is 1. The molecule has 15 heavy (non-hydrogen) atoms. The van der Waals surface area contributed by atoms with Crippen LogP contribution in [0.5, 0.6) is 0 Å². The van der Waals surface area contributed by atoms with Crippen molar-refractivity contribution in [2.45, 2.75) is 18.9 Å². The van der Waals surface area contributed by atoms with Crippen molar-refractivity contribution >= 4 is 5.78 Å². The molecule has 1 aromatic heterocycles. The van der Waals surface area contributed by atoms with E-state index < -0.39 is 0 Å². The Bertz CT molecular complexity index is 365. The third-order valence-electron chi connectivity index (χ3n) is 2.63. The number of hydrogen-bond acceptors (Lipinski definition) is 4. The molecule has 5 nitrogen and oxygen atoms in total. The molecule has 0 radical (unpaired) electrons. The Balaban J connectivity index is 2.11. The molecule has 0 spiro atoms. The molecule has 2 rings (SSSR count). The SMILES string of the molecule is C=CC(=O)c1cn(C2CCNCC2)nn1. The van der Waals surface area contributed by atoms with Crippen LogP contribution >= 0.6 is 0 Å². The molecule has 1 fully saturated rings. The Hall–Kier alpha value is -1.49. The topological polar surface area (TPSA) is 59.8 Å². The molecule has 0 unspecified atom stereocenters. The van der Waals surface area contributed by atoms with E-state index in [-0.39, 0.29) is 5.78 Å². The normalized spacial score (nSPS) is 17.6. The minimum Gasteiger partial charge on any atom is -0.317 e. The first kappa shape index (κ1) is 10.0. The van der Waals surface area contributed by atoms with Gasteiger partial charge in [0.1, 0.15) is 0 Å². The van der Waals surface area contributed by atoms with Gasteiger partial charge in [0, 0.05) is 0 Å². The number of carbonyl (C=O) groups excluding carboxylic acids is 1. The Morgan fingerprint density at radius 1 is 1.60 bits per heavy atom. The average Bonchev–Trinajstić information content (AvgIpc) is 2.78. The number of piperidine rings is 1. The molecular formula is C10H14N4O. The van der Waals surface area contributed by atoms with Gasteiger partial charge in [-0.1, -0.05) is 11.8 Å². The van der Waals surface area contributed by atoms with Crippen molar-refractivity contribution in [3.63, 3.8) is 0 Å². The highest BCUT2D eigenvalue weighted by Gasteiger charge is 2.17. The Morgan fingerprint density at radius 3 is 3.00 bits per heavy atom. The van der Waals surface area contributed by atoms with Crippen LogP contribution in [-0.2, 0) is 0 Å². The molecular weight excluding hydrogens is 192 g/mol. The summed E-state index contributed by atoms with van der Waals surface area (Å²) in [4.78, 5) is 11.3. The zero-order valence-corrected chi connectivity index (χ0v) is 8.52. The molecule has 0 amide bonds. The van der Waals surface area contributed by atoms with Crippen LogP contribution in [0.4, 0.5) is 0 Å². The summed E-state index contributed by atoms with van der Waals surface area (Å²) in [6, 6.07) is 0.366. The van der Waals surface area contributed by atoms with E-state index >= 15 is 0 Å². The third kappa shape index (κ3) is 2.12. The first-order valence-corrected chi connectivity index (χ1v) is 5.10. The molecule has 2 heterocycles. The lowest BCUT2D eigenvalue weighted by Gasteiger charge is -2.21. The predicted molar refractivity (Wildman–Crippen MR) is 55.7 cm³/mol. The zero-order chi connectivity index (χ0) is 10.7. The van der Waals surface area contributed by atoms with Gasteiger partial charge in [0.15, 0.2) is 5.69 Å². The number of ketones is 1. The predicted octanol–water partition coefficient (Wildman–Crippen LogP) is 0.571. The summed E-state index contributed by atoms with van der Waals surface area (Å²) in [5, 5.41) is 11.1. The molecule has 1 aromatic rings. The number of rotatable bonds is 3. The maximum absolute atomic E-state index is 11.3. The lowest BCUT2D eigenvalue weighted by molar-refractivity contribution is 0.104. The molecule has 1 aliphatic heterocycles. The number of carbonyl (C=O) groups is 1. The minimum atomic E-state index is -0.171. The average molecular weight is 206 g/mol. The molecule has 0 aromatic carbocycles. The van der Waals surface area contributed by atoms with E-state index in [2.05, 4.69) is 22.2 Å².